The van der Waals surface area contributed by atoms with Crippen LogP contribution in [-0.2, 0) is 26.1 Å². The molecule has 2 aromatic rings. The van der Waals surface area contributed by atoms with E-state index in [1.165, 1.54) is 0 Å². The fourth-order valence-electron chi connectivity index (χ4n) is 3.11. The van der Waals surface area contributed by atoms with Crippen LogP contribution in [0.15, 0.2) is 58.5 Å². The van der Waals surface area contributed by atoms with Crippen molar-refractivity contribution >= 4 is 12.2 Å². The molecule has 0 aromatic heterocycles. The van der Waals surface area contributed by atoms with Crippen molar-refractivity contribution in [3.63, 3.8) is 0 Å². The zero-order valence-corrected chi connectivity index (χ0v) is 16.8. The second kappa shape index (κ2) is 7.44. The first-order valence-electron chi connectivity index (χ1n) is 8.95. The van der Waals surface area contributed by atoms with E-state index >= 15 is 0 Å². The summed E-state index contributed by atoms with van der Waals surface area (Å²) in [6.45, 7) is 11.9. The summed E-state index contributed by atoms with van der Waals surface area (Å²) in [5.74, 6) is 0. The van der Waals surface area contributed by atoms with Crippen LogP contribution in [0, 0.1) is 0 Å². The minimum absolute atomic E-state index is 0.201. The lowest BCUT2D eigenvalue weighted by Crippen LogP contribution is -2.21. The quantitative estimate of drug-likeness (QED) is 0.527. The van der Waals surface area contributed by atoms with Gasteiger partial charge in [0.1, 0.15) is 0 Å². The highest BCUT2D eigenvalue weighted by Crippen LogP contribution is 2.35. The van der Waals surface area contributed by atoms with Crippen molar-refractivity contribution in [1.82, 2.24) is 0 Å². The number of hydrogen-bond acceptors (Lipinski definition) is 4. The van der Waals surface area contributed by atoms with E-state index in [0.717, 1.165) is 22.3 Å². The normalized spacial score (nSPS) is 12.1. The Labute approximate surface area is 161 Å². The Morgan fingerprint density at radius 3 is 1.07 bits per heavy atom. The molecule has 140 valence electrons. The Morgan fingerprint density at radius 2 is 0.815 bits per heavy atom. The molecule has 0 aliphatic heterocycles. The minimum Gasteiger partial charge on any atom is -0.211 e. The van der Waals surface area contributed by atoms with Crippen LogP contribution in [0.4, 0.5) is 0 Å². The Morgan fingerprint density at radius 1 is 0.556 bits per heavy atom. The van der Waals surface area contributed by atoms with E-state index in [0.29, 0.717) is 0 Å². The van der Waals surface area contributed by atoms with E-state index in [4.69, 9.17) is 0 Å². The van der Waals surface area contributed by atoms with Gasteiger partial charge in [0.25, 0.3) is 0 Å². The van der Waals surface area contributed by atoms with Gasteiger partial charge in [-0.2, -0.15) is 9.98 Å². The molecular formula is C23H26N2O2. The first kappa shape index (κ1) is 20.5. The number of nitrogens with zero attached hydrogens (tertiary/aromatic N) is 2. The van der Waals surface area contributed by atoms with Crippen molar-refractivity contribution in [2.75, 3.05) is 0 Å². The van der Waals surface area contributed by atoms with Gasteiger partial charge in [0, 0.05) is 5.41 Å². The Hall–Kier alpha value is -2.80. The lowest BCUT2D eigenvalue weighted by atomic mass is 9.76. The topological polar surface area (TPSA) is 58.9 Å². The van der Waals surface area contributed by atoms with Gasteiger partial charge in [-0.25, -0.2) is 9.59 Å². The van der Waals surface area contributed by atoms with E-state index in [9.17, 15) is 9.59 Å². The van der Waals surface area contributed by atoms with E-state index < -0.39 is 11.1 Å². The summed E-state index contributed by atoms with van der Waals surface area (Å²) in [4.78, 5) is 29.0. The number of carbonyl (C=O) groups excluding carboxylic acids is 2. The van der Waals surface area contributed by atoms with Crippen molar-refractivity contribution in [3.8, 4) is 0 Å². The first-order chi connectivity index (χ1) is 12.5. The van der Waals surface area contributed by atoms with Gasteiger partial charge in [-0.1, -0.05) is 62.4 Å². The molecule has 0 saturated heterocycles. The van der Waals surface area contributed by atoms with E-state index in [-0.39, 0.29) is 5.41 Å². The van der Waals surface area contributed by atoms with Crippen molar-refractivity contribution in [1.29, 1.82) is 0 Å². The van der Waals surface area contributed by atoms with Gasteiger partial charge in [-0.3, -0.25) is 0 Å². The van der Waals surface area contributed by atoms with Crippen molar-refractivity contribution in [2.45, 2.75) is 58.0 Å². The Balaban J connectivity index is 2.35. The first-order valence-corrected chi connectivity index (χ1v) is 8.95. The van der Waals surface area contributed by atoms with Gasteiger partial charge >= 0.3 is 0 Å². The molecule has 0 aliphatic rings. The predicted molar refractivity (Wildman–Crippen MR) is 107 cm³/mol. The van der Waals surface area contributed by atoms with Crippen molar-refractivity contribution in [2.24, 2.45) is 9.98 Å². The van der Waals surface area contributed by atoms with Crippen molar-refractivity contribution < 1.29 is 9.59 Å². The molecule has 0 atom stereocenters. The molecule has 4 nitrogen and oxygen atoms in total. The average Bonchev–Trinajstić information content (AvgIpc) is 2.62. The molecule has 0 heterocycles. The number of aliphatic imine (C=N–C) groups is 2. The standard InChI is InChI=1S/C23H26N2O2/c1-21(2,17-7-11-19(12-8-17)22(3,4)24-15-26)18-9-13-20(14-10-18)23(5,6)25-16-27/h7-14H,1-6H3. The third kappa shape index (κ3) is 4.31. The monoisotopic (exact) mass is 362 g/mol. The molecule has 0 amide bonds. The predicted octanol–water partition coefficient (Wildman–Crippen LogP) is 5.15. The molecule has 2 aromatic carbocycles. The van der Waals surface area contributed by atoms with Crippen LogP contribution in [0.1, 0.15) is 63.8 Å². The summed E-state index contributed by atoms with van der Waals surface area (Å²) >= 11 is 0. The van der Waals surface area contributed by atoms with Gasteiger partial charge in [0.2, 0.25) is 12.2 Å². The highest BCUT2D eigenvalue weighted by molar-refractivity contribution is 5.43. The zero-order valence-electron chi connectivity index (χ0n) is 16.8. The van der Waals surface area contributed by atoms with E-state index in [1.807, 2.05) is 52.0 Å². The van der Waals surface area contributed by atoms with Crippen LogP contribution in [-0.4, -0.2) is 12.2 Å². The second-order valence-corrected chi connectivity index (χ2v) is 8.30. The Bertz CT molecular complexity index is 819. The zero-order chi connectivity index (χ0) is 20.3. The summed E-state index contributed by atoms with van der Waals surface area (Å²) in [5.41, 5.74) is 2.88. The molecule has 27 heavy (non-hydrogen) atoms. The van der Waals surface area contributed by atoms with Crippen LogP contribution in [0.2, 0.25) is 0 Å². The number of hydrogen-bond donors (Lipinski definition) is 0. The van der Waals surface area contributed by atoms with Crippen LogP contribution < -0.4 is 0 Å². The molecule has 4 heteroatoms. The van der Waals surface area contributed by atoms with Crippen LogP contribution in [0.25, 0.3) is 0 Å². The molecule has 0 bridgehead atoms. The van der Waals surface area contributed by atoms with Gasteiger partial charge in [-0.15, -0.1) is 0 Å². The average molecular weight is 362 g/mol. The maximum atomic E-state index is 10.6. The van der Waals surface area contributed by atoms with Crippen LogP contribution >= 0.6 is 0 Å². The molecule has 0 spiro atoms. The number of isocyanates is 2. The summed E-state index contributed by atoms with van der Waals surface area (Å²) in [5, 5.41) is 0. The lowest BCUT2D eigenvalue weighted by Gasteiger charge is -2.28. The highest BCUT2D eigenvalue weighted by atomic mass is 16.1. The summed E-state index contributed by atoms with van der Waals surface area (Å²) in [7, 11) is 0. The van der Waals surface area contributed by atoms with Gasteiger partial charge < -0.3 is 0 Å². The maximum Gasteiger partial charge on any atom is 0.235 e. The largest absolute Gasteiger partial charge is 0.235 e. The Kier molecular flexibility index (Phi) is 5.65. The number of benzene rings is 2. The third-order valence-electron chi connectivity index (χ3n) is 5.28. The van der Waals surface area contributed by atoms with Crippen LogP contribution in [0.3, 0.4) is 0 Å². The fraction of sp³-hybridized carbons (Fsp3) is 0.391. The summed E-state index contributed by atoms with van der Waals surface area (Å²) in [6.07, 6.45) is 3.29. The van der Waals surface area contributed by atoms with E-state index in [1.54, 1.807) is 12.2 Å². The molecule has 0 N–H and O–H groups in total. The molecule has 0 unspecified atom stereocenters. The van der Waals surface area contributed by atoms with Crippen LogP contribution in [0.5, 0.6) is 0 Å². The molecule has 0 saturated carbocycles. The van der Waals surface area contributed by atoms with Gasteiger partial charge in [-0.05, 0) is 49.9 Å². The molecule has 0 radical (unpaired) electrons. The molecule has 0 fully saturated rings. The minimum atomic E-state index is -0.587. The van der Waals surface area contributed by atoms with Gasteiger partial charge in [0.05, 0.1) is 11.1 Å². The third-order valence-corrected chi connectivity index (χ3v) is 5.28. The summed E-state index contributed by atoms with van der Waals surface area (Å²) < 4.78 is 0. The SMILES string of the molecule is CC(C)(N=C=O)c1ccc(C(C)(C)c2ccc(C(C)(C)N=C=O)cc2)cc1. The number of rotatable bonds is 6. The maximum absolute atomic E-state index is 10.6. The molecule has 2 rings (SSSR count). The molecule has 0 aliphatic carbocycles. The highest BCUT2D eigenvalue weighted by Gasteiger charge is 2.26. The molecular weight excluding hydrogens is 336 g/mol. The smallest absolute Gasteiger partial charge is 0.211 e. The summed E-state index contributed by atoms with van der Waals surface area (Å²) in [6, 6.07) is 16.3. The van der Waals surface area contributed by atoms with Gasteiger partial charge in [0.15, 0.2) is 0 Å². The second-order valence-electron chi connectivity index (χ2n) is 8.30. The van der Waals surface area contributed by atoms with E-state index in [2.05, 4.69) is 48.1 Å². The van der Waals surface area contributed by atoms with Crippen molar-refractivity contribution in [3.05, 3.63) is 70.8 Å². The fourth-order valence-corrected chi connectivity index (χ4v) is 3.11. The lowest BCUT2D eigenvalue weighted by molar-refractivity contribution is 0.522.